The second-order valence-electron chi connectivity index (χ2n) is 6.01. The Labute approximate surface area is 125 Å². The topological polar surface area (TPSA) is 96.2 Å². The number of primary amides is 1. The Morgan fingerprint density at radius 1 is 1.19 bits per heavy atom. The lowest BCUT2D eigenvalue weighted by Gasteiger charge is -2.22. The Bertz CT molecular complexity index is 491. The molecule has 0 aromatic heterocycles. The molecule has 0 aliphatic rings. The van der Waals surface area contributed by atoms with Gasteiger partial charge in [0.25, 0.3) is 0 Å². The van der Waals surface area contributed by atoms with Gasteiger partial charge in [-0.15, -0.1) is 0 Å². The van der Waals surface area contributed by atoms with Crippen molar-refractivity contribution >= 4 is 17.6 Å². The lowest BCUT2D eigenvalue weighted by Crippen LogP contribution is -2.45. The third kappa shape index (κ3) is 6.76. The number of anilines is 1. The van der Waals surface area contributed by atoms with Gasteiger partial charge in [-0.1, -0.05) is 12.1 Å². The van der Waals surface area contributed by atoms with Crippen molar-refractivity contribution in [3.05, 3.63) is 29.8 Å². The van der Waals surface area contributed by atoms with Crippen LogP contribution in [0.4, 0.5) is 10.5 Å². The fourth-order valence-electron chi connectivity index (χ4n) is 1.82. The quantitative estimate of drug-likeness (QED) is 0.665. The average molecular weight is 292 g/mol. The summed E-state index contributed by atoms with van der Waals surface area (Å²) in [4.78, 5) is 22.5. The van der Waals surface area contributed by atoms with Crippen LogP contribution in [0.5, 0.6) is 0 Å². The number of carbonyl (C=O) groups excluding carboxylic acids is 2. The maximum atomic E-state index is 11.7. The van der Waals surface area contributed by atoms with Gasteiger partial charge in [0.15, 0.2) is 0 Å². The van der Waals surface area contributed by atoms with Crippen molar-refractivity contribution in [1.82, 2.24) is 10.6 Å². The number of nitrogens with one attached hydrogen (secondary N) is 3. The number of rotatable bonds is 5. The number of hydrogen-bond acceptors (Lipinski definition) is 3. The van der Waals surface area contributed by atoms with Gasteiger partial charge in [-0.2, -0.15) is 0 Å². The molecule has 1 atom stereocenters. The minimum Gasteiger partial charge on any atom is -0.351 e. The molecule has 6 heteroatoms. The van der Waals surface area contributed by atoms with Crippen molar-refractivity contribution in [3.8, 4) is 0 Å². The summed E-state index contributed by atoms with van der Waals surface area (Å²) in [5.41, 5.74) is 6.48. The molecule has 0 bridgehead atoms. The molecule has 5 N–H and O–H groups in total. The van der Waals surface area contributed by atoms with Crippen LogP contribution < -0.4 is 21.7 Å². The molecule has 21 heavy (non-hydrogen) atoms. The van der Waals surface area contributed by atoms with Crippen LogP contribution in [0.25, 0.3) is 0 Å². The third-order valence-electron chi connectivity index (χ3n) is 2.76. The van der Waals surface area contributed by atoms with Crippen LogP contribution in [0.3, 0.4) is 0 Å². The van der Waals surface area contributed by atoms with Crippen molar-refractivity contribution in [1.29, 1.82) is 0 Å². The van der Waals surface area contributed by atoms with E-state index >= 15 is 0 Å². The Morgan fingerprint density at radius 3 is 2.24 bits per heavy atom. The third-order valence-corrected chi connectivity index (χ3v) is 2.76. The fraction of sp³-hybridized carbons (Fsp3) is 0.467. The molecule has 116 valence electrons. The smallest absolute Gasteiger partial charge is 0.316 e. The molecular formula is C15H24N4O2. The van der Waals surface area contributed by atoms with Gasteiger partial charge in [-0.25, -0.2) is 4.79 Å². The van der Waals surface area contributed by atoms with Crippen LogP contribution in [-0.4, -0.2) is 24.0 Å². The van der Waals surface area contributed by atoms with Crippen LogP contribution in [-0.2, 0) is 4.79 Å². The Balaban J connectivity index is 2.50. The SMILES string of the molecule is CC(NCC(=O)NC(C)(C)C)c1ccc(NC(N)=O)cc1. The normalized spacial score (nSPS) is 12.6. The number of hydrogen-bond donors (Lipinski definition) is 4. The minimum absolute atomic E-state index is 0.0262. The van der Waals surface area contributed by atoms with Gasteiger partial charge in [0.05, 0.1) is 6.54 Å². The van der Waals surface area contributed by atoms with Crippen molar-refractivity contribution in [2.45, 2.75) is 39.3 Å². The van der Waals surface area contributed by atoms with Crippen LogP contribution in [0, 0.1) is 0 Å². The van der Waals surface area contributed by atoms with E-state index in [9.17, 15) is 9.59 Å². The number of urea groups is 1. The maximum Gasteiger partial charge on any atom is 0.316 e. The number of amides is 3. The molecule has 3 amide bonds. The highest BCUT2D eigenvalue weighted by molar-refractivity contribution is 5.87. The zero-order valence-electron chi connectivity index (χ0n) is 13.0. The molecule has 0 aliphatic carbocycles. The molecule has 0 heterocycles. The highest BCUT2D eigenvalue weighted by Gasteiger charge is 2.14. The standard InChI is InChI=1S/C15H24N4O2/c1-10(17-9-13(20)19-15(2,3)4)11-5-7-12(8-6-11)18-14(16)21/h5-8,10,17H,9H2,1-4H3,(H,19,20)(H3,16,18,21). The first kappa shape index (κ1) is 17.0. The summed E-state index contributed by atoms with van der Waals surface area (Å²) >= 11 is 0. The highest BCUT2D eigenvalue weighted by Crippen LogP contribution is 2.15. The molecule has 0 aliphatic heterocycles. The molecule has 0 saturated carbocycles. The van der Waals surface area contributed by atoms with Gasteiger partial charge in [0.1, 0.15) is 0 Å². The lowest BCUT2D eigenvalue weighted by atomic mass is 10.1. The molecule has 1 aromatic carbocycles. The van der Waals surface area contributed by atoms with Gasteiger partial charge < -0.3 is 21.7 Å². The van der Waals surface area contributed by atoms with E-state index in [4.69, 9.17) is 5.73 Å². The fourth-order valence-corrected chi connectivity index (χ4v) is 1.82. The lowest BCUT2D eigenvalue weighted by molar-refractivity contribution is -0.121. The van der Waals surface area contributed by atoms with Gasteiger partial charge in [-0.3, -0.25) is 4.79 Å². The minimum atomic E-state index is -0.590. The zero-order chi connectivity index (χ0) is 16.0. The molecule has 0 saturated heterocycles. The molecular weight excluding hydrogens is 268 g/mol. The summed E-state index contributed by atoms with van der Waals surface area (Å²) in [6, 6.07) is 6.74. The van der Waals surface area contributed by atoms with Crippen molar-refractivity contribution in [2.75, 3.05) is 11.9 Å². The number of nitrogens with two attached hydrogens (primary N) is 1. The highest BCUT2D eigenvalue weighted by atomic mass is 16.2. The van der Waals surface area contributed by atoms with Crippen LogP contribution in [0.15, 0.2) is 24.3 Å². The van der Waals surface area contributed by atoms with E-state index in [1.54, 1.807) is 12.1 Å². The molecule has 1 unspecified atom stereocenters. The molecule has 0 spiro atoms. The van der Waals surface area contributed by atoms with Crippen molar-refractivity contribution in [2.24, 2.45) is 5.73 Å². The van der Waals surface area contributed by atoms with E-state index in [-0.39, 0.29) is 24.0 Å². The number of benzene rings is 1. The molecule has 0 radical (unpaired) electrons. The van der Waals surface area contributed by atoms with E-state index in [0.29, 0.717) is 5.69 Å². The second kappa shape index (κ2) is 7.08. The summed E-state index contributed by atoms with van der Waals surface area (Å²) in [6.45, 7) is 8.05. The molecule has 1 rings (SSSR count). The van der Waals surface area contributed by atoms with Crippen LogP contribution in [0.2, 0.25) is 0 Å². The van der Waals surface area contributed by atoms with Gasteiger partial charge >= 0.3 is 6.03 Å². The van der Waals surface area contributed by atoms with E-state index < -0.39 is 6.03 Å². The van der Waals surface area contributed by atoms with Crippen molar-refractivity contribution in [3.63, 3.8) is 0 Å². The summed E-state index contributed by atoms with van der Waals surface area (Å²) in [5, 5.41) is 8.55. The summed E-state index contributed by atoms with van der Waals surface area (Å²) < 4.78 is 0. The molecule has 6 nitrogen and oxygen atoms in total. The van der Waals surface area contributed by atoms with Gasteiger partial charge in [-0.05, 0) is 45.4 Å². The Kier molecular flexibility index (Phi) is 5.72. The van der Waals surface area contributed by atoms with Crippen molar-refractivity contribution < 1.29 is 9.59 Å². The summed E-state index contributed by atoms with van der Waals surface area (Å²) in [7, 11) is 0. The first-order valence-electron chi connectivity index (χ1n) is 6.88. The van der Waals surface area contributed by atoms with E-state index in [0.717, 1.165) is 5.56 Å². The van der Waals surface area contributed by atoms with Crippen LogP contribution in [0.1, 0.15) is 39.3 Å². The predicted molar refractivity (Wildman–Crippen MR) is 84.0 cm³/mol. The first-order valence-corrected chi connectivity index (χ1v) is 6.88. The van der Waals surface area contributed by atoms with E-state index in [1.807, 2.05) is 39.8 Å². The van der Waals surface area contributed by atoms with Crippen LogP contribution >= 0.6 is 0 Å². The predicted octanol–water partition coefficient (Wildman–Crippen LogP) is 1.74. The number of carbonyl (C=O) groups is 2. The average Bonchev–Trinajstić information content (AvgIpc) is 2.34. The van der Waals surface area contributed by atoms with E-state index in [1.165, 1.54) is 0 Å². The van der Waals surface area contributed by atoms with Gasteiger partial charge in [0, 0.05) is 17.3 Å². The maximum absolute atomic E-state index is 11.7. The Hall–Kier alpha value is -2.08. The monoisotopic (exact) mass is 292 g/mol. The molecule has 0 fully saturated rings. The first-order chi connectivity index (χ1) is 9.67. The second-order valence-corrected chi connectivity index (χ2v) is 6.01. The van der Waals surface area contributed by atoms with E-state index in [2.05, 4.69) is 16.0 Å². The molecule has 1 aromatic rings. The summed E-state index contributed by atoms with van der Waals surface area (Å²) in [5.74, 6) is -0.0404. The summed E-state index contributed by atoms with van der Waals surface area (Å²) in [6.07, 6.45) is 0. The zero-order valence-corrected chi connectivity index (χ0v) is 13.0. The van der Waals surface area contributed by atoms with Gasteiger partial charge in [0.2, 0.25) is 5.91 Å². The largest absolute Gasteiger partial charge is 0.351 e. The Morgan fingerprint density at radius 2 is 1.76 bits per heavy atom.